The molecule has 0 amide bonds. The predicted octanol–water partition coefficient (Wildman–Crippen LogP) is 1.91. The predicted molar refractivity (Wildman–Crippen MR) is 110 cm³/mol. The molecule has 1 heterocycles. The molecule has 0 saturated carbocycles. The lowest BCUT2D eigenvalue weighted by Crippen LogP contribution is -2.45. The highest BCUT2D eigenvalue weighted by molar-refractivity contribution is 5.43. The second-order valence-electron chi connectivity index (χ2n) is 7.15. The maximum absolute atomic E-state index is 10.2. The lowest BCUT2D eigenvalue weighted by molar-refractivity contribution is 0.0705. The molecule has 0 aliphatic carbocycles. The first-order valence-electron chi connectivity index (χ1n) is 10.2. The van der Waals surface area contributed by atoms with E-state index in [4.69, 9.17) is 9.47 Å². The number of likely N-dealkylation sites (N-methyl/N-ethyl adjacent to an activating group) is 2. The molecule has 1 aliphatic rings. The van der Waals surface area contributed by atoms with Gasteiger partial charge in [0.05, 0.1) is 7.11 Å². The summed E-state index contributed by atoms with van der Waals surface area (Å²) in [5.41, 5.74) is 1.23. The van der Waals surface area contributed by atoms with Gasteiger partial charge in [0.2, 0.25) is 0 Å². The van der Waals surface area contributed by atoms with Gasteiger partial charge in [0.15, 0.2) is 11.5 Å². The molecule has 0 bridgehead atoms. The molecule has 1 N–H and O–H groups in total. The van der Waals surface area contributed by atoms with Gasteiger partial charge in [-0.15, -0.1) is 0 Å². The van der Waals surface area contributed by atoms with E-state index in [0.717, 1.165) is 58.1 Å². The van der Waals surface area contributed by atoms with Crippen LogP contribution >= 0.6 is 0 Å². The van der Waals surface area contributed by atoms with Gasteiger partial charge in [-0.1, -0.05) is 26.8 Å². The smallest absolute Gasteiger partial charge is 0.161 e. The molecule has 1 aromatic carbocycles. The zero-order chi connectivity index (χ0) is 19.6. The first-order chi connectivity index (χ1) is 13.1. The summed E-state index contributed by atoms with van der Waals surface area (Å²) in [5.74, 6) is 1.42. The Morgan fingerprint density at radius 3 is 2.30 bits per heavy atom. The Labute approximate surface area is 164 Å². The Kier molecular flexibility index (Phi) is 9.34. The topological polar surface area (TPSA) is 48.4 Å². The van der Waals surface area contributed by atoms with Crippen molar-refractivity contribution >= 4 is 0 Å². The van der Waals surface area contributed by atoms with E-state index in [1.54, 1.807) is 7.11 Å². The Morgan fingerprint density at radius 2 is 1.70 bits per heavy atom. The monoisotopic (exact) mass is 379 g/mol. The zero-order valence-electron chi connectivity index (χ0n) is 17.5. The molecule has 1 saturated heterocycles. The molecule has 1 aliphatic heterocycles. The van der Waals surface area contributed by atoms with Crippen molar-refractivity contribution in [1.29, 1.82) is 0 Å². The maximum Gasteiger partial charge on any atom is 0.161 e. The number of hydrogen-bond donors (Lipinski definition) is 1. The third-order valence-electron chi connectivity index (χ3n) is 5.34. The molecular weight excluding hydrogens is 342 g/mol. The average Bonchev–Trinajstić information content (AvgIpc) is 2.71. The summed E-state index contributed by atoms with van der Waals surface area (Å²) in [7, 11) is 1.67. The molecule has 0 spiro atoms. The standard InChI is InChI=1S/C21H37N3O3/c1-5-22(6-2)16-19(25)17-27-20-9-8-18(14-21(20)26-4)15-24-12-10-23(7-3)11-13-24/h8-9,14,19,25H,5-7,10-13,15-17H2,1-4H3. The molecule has 6 nitrogen and oxygen atoms in total. The van der Waals surface area contributed by atoms with Crippen LogP contribution in [0, 0.1) is 0 Å². The van der Waals surface area contributed by atoms with Gasteiger partial charge in [0.1, 0.15) is 12.7 Å². The molecule has 27 heavy (non-hydrogen) atoms. The van der Waals surface area contributed by atoms with Gasteiger partial charge >= 0.3 is 0 Å². The van der Waals surface area contributed by atoms with Crippen LogP contribution < -0.4 is 9.47 Å². The molecule has 1 fully saturated rings. The lowest BCUT2D eigenvalue weighted by atomic mass is 10.1. The van der Waals surface area contributed by atoms with Gasteiger partial charge in [-0.2, -0.15) is 0 Å². The average molecular weight is 380 g/mol. The second-order valence-corrected chi connectivity index (χ2v) is 7.15. The molecule has 1 unspecified atom stereocenters. The van der Waals surface area contributed by atoms with Crippen molar-refractivity contribution < 1.29 is 14.6 Å². The molecule has 2 rings (SSSR count). The summed E-state index contributed by atoms with van der Waals surface area (Å²) in [6.45, 7) is 15.7. The van der Waals surface area contributed by atoms with Crippen molar-refractivity contribution in [2.45, 2.75) is 33.4 Å². The summed E-state index contributed by atoms with van der Waals surface area (Å²) in [4.78, 5) is 7.15. The molecule has 0 aromatic heterocycles. The highest BCUT2D eigenvalue weighted by atomic mass is 16.5. The fraction of sp³-hybridized carbons (Fsp3) is 0.714. The fourth-order valence-corrected chi connectivity index (χ4v) is 3.47. The van der Waals surface area contributed by atoms with Gasteiger partial charge in [0, 0.05) is 39.3 Å². The van der Waals surface area contributed by atoms with E-state index in [9.17, 15) is 5.11 Å². The van der Waals surface area contributed by atoms with Crippen LogP contribution in [0.2, 0.25) is 0 Å². The summed E-state index contributed by atoms with van der Waals surface area (Å²) < 4.78 is 11.4. The fourth-order valence-electron chi connectivity index (χ4n) is 3.47. The van der Waals surface area contributed by atoms with E-state index in [-0.39, 0.29) is 6.61 Å². The van der Waals surface area contributed by atoms with Crippen molar-refractivity contribution in [3.05, 3.63) is 23.8 Å². The number of ether oxygens (including phenoxy) is 2. The van der Waals surface area contributed by atoms with Crippen LogP contribution in [0.1, 0.15) is 26.3 Å². The highest BCUT2D eigenvalue weighted by Gasteiger charge is 2.17. The first-order valence-corrected chi connectivity index (χ1v) is 10.2. The van der Waals surface area contributed by atoms with Gasteiger partial charge < -0.3 is 24.4 Å². The number of aliphatic hydroxyl groups is 1. The Hall–Kier alpha value is -1.34. The number of aliphatic hydroxyl groups excluding tert-OH is 1. The Bertz CT molecular complexity index is 543. The lowest BCUT2D eigenvalue weighted by Gasteiger charge is -2.34. The van der Waals surface area contributed by atoms with E-state index in [1.165, 1.54) is 5.56 Å². The zero-order valence-corrected chi connectivity index (χ0v) is 17.5. The van der Waals surface area contributed by atoms with E-state index in [2.05, 4.69) is 47.6 Å². The van der Waals surface area contributed by atoms with Crippen LogP contribution in [0.5, 0.6) is 11.5 Å². The Balaban J connectivity index is 1.88. The van der Waals surface area contributed by atoms with Crippen molar-refractivity contribution in [2.24, 2.45) is 0 Å². The third-order valence-corrected chi connectivity index (χ3v) is 5.34. The van der Waals surface area contributed by atoms with Crippen LogP contribution in [-0.4, -0.2) is 92.0 Å². The second kappa shape index (κ2) is 11.5. The van der Waals surface area contributed by atoms with Crippen LogP contribution in [0.3, 0.4) is 0 Å². The number of hydrogen-bond acceptors (Lipinski definition) is 6. The number of methoxy groups -OCH3 is 1. The molecule has 154 valence electrons. The maximum atomic E-state index is 10.2. The molecule has 1 atom stereocenters. The summed E-state index contributed by atoms with van der Waals surface area (Å²) in [6, 6.07) is 6.11. The van der Waals surface area contributed by atoms with Crippen LogP contribution in [0.4, 0.5) is 0 Å². The normalized spacial score (nSPS) is 17.3. The van der Waals surface area contributed by atoms with E-state index in [0.29, 0.717) is 12.3 Å². The number of nitrogens with zero attached hydrogens (tertiary/aromatic N) is 3. The van der Waals surface area contributed by atoms with Crippen LogP contribution in [0.15, 0.2) is 18.2 Å². The number of benzene rings is 1. The quantitative estimate of drug-likeness (QED) is 0.634. The van der Waals surface area contributed by atoms with Crippen molar-refractivity contribution in [1.82, 2.24) is 14.7 Å². The Morgan fingerprint density at radius 1 is 1.04 bits per heavy atom. The van der Waals surface area contributed by atoms with E-state index < -0.39 is 6.10 Å². The largest absolute Gasteiger partial charge is 0.493 e. The van der Waals surface area contributed by atoms with Gasteiger partial charge in [0.25, 0.3) is 0 Å². The van der Waals surface area contributed by atoms with Crippen LogP contribution in [0.25, 0.3) is 0 Å². The number of rotatable bonds is 11. The van der Waals surface area contributed by atoms with Gasteiger partial charge in [-0.25, -0.2) is 0 Å². The first kappa shape index (κ1) is 22.0. The van der Waals surface area contributed by atoms with E-state index >= 15 is 0 Å². The van der Waals surface area contributed by atoms with E-state index in [1.807, 2.05) is 6.07 Å². The molecule has 0 radical (unpaired) electrons. The molecule has 1 aromatic rings. The van der Waals surface area contributed by atoms with Gasteiger partial charge in [-0.05, 0) is 37.3 Å². The minimum atomic E-state index is -0.510. The van der Waals surface area contributed by atoms with Crippen molar-refractivity contribution in [3.8, 4) is 11.5 Å². The minimum Gasteiger partial charge on any atom is -0.493 e. The SMILES string of the molecule is CCN1CCN(Cc2ccc(OCC(O)CN(CC)CC)c(OC)c2)CC1. The molecule has 6 heteroatoms. The molecular formula is C21H37N3O3. The van der Waals surface area contributed by atoms with Crippen molar-refractivity contribution in [3.63, 3.8) is 0 Å². The number of piperazine rings is 1. The van der Waals surface area contributed by atoms with Crippen molar-refractivity contribution in [2.75, 3.05) is 66.1 Å². The summed E-state index contributed by atoms with van der Waals surface area (Å²) in [6.07, 6.45) is -0.510. The third kappa shape index (κ3) is 6.96. The highest BCUT2D eigenvalue weighted by Crippen LogP contribution is 2.29. The van der Waals surface area contributed by atoms with Gasteiger partial charge in [-0.3, -0.25) is 4.90 Å². The minimum absolute atomic E-state index is 0.269. The summed E-state index contributed by atoms with van der Waals surface area (Å²) in [5, 5.41) is 10.2. The van der Waals surface area contributed by atoms with Crippen LogP contribution in [-0.2, 0) is 6.54 Å². The summed E-state index contributed by atoms with van der Waals surface area (Å²) >= 11 is 0.